The number of benzene rings is 3. The van der Waals surface area contributed by atoms with Crippen LogP contribution in [0.5, 0.6) is 17.2 Å². The monoisotopic (exact) mass is 503 g/mol. The number of carbonyl (C=O) groups excluding carboxylic acids is 1. The van der Waals surface area contributed by atoms with Gasteiger partial charge in [-0.15, -0.1) is 10.2 Å². The van der Waals surface area contributed by atoms with Crippen molar-refractivity contribution >= 4 is 23.9 Å². The highest BCUT2D eigenvalue weighted by Gasteiger charge is 2.17. The van der Waals surface area contributed by atoms with E-state index >= 15 is 0 Å². The number of aromatic hydroxyl groups is 1. The molecule has 1 heterocycles. The van der Waals surface area contributed by atoms with Crippen LogP contribution in [-0.4, -0.2) is 52.0 Å². The van der Waals surface area contributed by atoms with Gasteiger partial charge in [0.15, 0.2) is 22.5 Å². The third kappa shape index (κ3) is 5.66. The van der Waals surface area contributed by atoms with E-state index in [2.05, 4.69) is 20.7 Å². The molecule has 0 aliphatic carbocycles. The summed E-state index contributed by atoms with van der Waals surface area (Å²) < 4.78 is 12.2. The first-order valence-corrected chi connectivity index (χ1v) is 12.0. The van der Waals surface area contributed by atoms with Crippen LogP contribution in [0.15, 0.2) is 77.0 Å². The fraction of sp³-hybridized carbons (Fsp3) is 0.154. The maximum atomic E-state index is 12.5. The fourth-order valence-electron chi connectivity index (χ4n) is 3.36. The fourth-order valence-corrected chi connectivity index (χ4v) is 4.11. The van der Waals surface area contributed by atoms with Gasteiger partial charge in [0.2, 0.25) is 0 Å². The van der Waals surface area contributed by atoms with Gasteiger partial charge >= 0.3 is 0 Å². The molecule has 0 saturated carbocycles. The molecule has 0 fully saturated rings. The maximum absolute atomic E-state index is 12.5. The zero-order valence-corrected chi connectivity index (χ0v) is 20.8. The number of rotatable bonds is 9. The number of hydrazone groups is 1. The second-order valence-corrected chi connectivity index (χ2v) is 8.63. The Hall–Kier alpha value is -4.31. The summed E-state index contributed by atoms with van der Waals surface area (Å²) in [6, 6.07) is 20.6. The lowest BCUT2D eigenvalue weighted by atomic mass is 10.2. The molecule has 0 unspecified atom stereocenters. The molecule has 4 aromatic rings. The summed E-state index contributed by atoms with van der Waals surface area (Å²) in [5.41, 5.74) is 5.77. The van der Waals surface area contributed by atoms with E-state index < -0.39 is 0 Å². The molecule has 0 aliphatic heterocycles. The van der Waals surface area contributed by atoms with Crippen molar-refractivity contribution in [2.45, 2.75) is 12.1 Å². The van der Waals surface area contributed by atoms with Crippen molar-refractivity contribution in [3.8, 4) is 34.3 Å². The summed E-state index contributed by atoms with van der Waals surface area (Å²) >= 11 is 1.24. The molecule has 0 spiro atoms. The van der Waals surface area contributed by atoms with Crippen LogP contribution in [0.2, 0.25) is 0 Å². The van der Waals surface area contributed by atoms with Crippen molar-refractivity contribution in [3.63, 3.8) is 0 Å². The minimum Gasteiger partial charge on any atom is -0.504 e. The highest BCUT2D eigenvalue weighted by Crippen LogP contribution is 2.30. The average Bonchev–Trinajstić information content (AvgIpc) is 3.33. The van der Waals surface area contributed by atoms with E-state index in [0.717, 1.165) is 22.6 Å². The standard InChI is InChI=1S/C26H25N5O4S/c1-17-7-11-20(12-8-17)31-25(18-9-13-21(34-2)14-10-18)29-30-26(31)36-16-23(32)28-27-15-19-5-4-6-22(35-3)24(19)33/h4-15,33H,16H2,1-3H3,(H,28,32)/b27-15-. The predicted octanol–water partition coefficient (Wildman–Crippen LogP) is 4.21. The van der Waals surface area contributed by atoms with Crippen LogP contribution in [0.1, 0.15) is 11.1 Å². The van der Waals surface area contributed by atoms with Crippen molar-refractivity contribution < 1.29 is 19.4 Å². The zero-order valence-electron chi connectivity index (χ0n) is 20.0. The van der Waals surface area contributed by atoms with Gasteiger partial charge in [-0.25, -0.2) is 5.43 Å². The predicted molar refractivity (Wildman–Crippen MR) is 139 cm³/mol. The molecule has 1 amide bonds. The summed E-state index contributed by atoms with van der Waals surface area (Å²) in [5.74, 6) is 1.40. The first-order chi connectivity index (χ1) is 17.5. The Morgan fingerprint density at radius 2 is 1.81 bits per heavy atom. The second kappa shape index (κ2) is 11.4. The Morgan fingerprint density at radius 1 is 1.06 bits per heavy atom. The molecular formula is C26H25N5O4S. The van der Waals surface area contributed by atoms with Gasteiger partial charge in [0.05, 0.1) is 26.2 Å². The quantitative estimate of drug-likeness (QED) is 0.200. The van der Waals surface area contributed by atoms with Crippen molar-refractivity contribution in [1.82, 2.24) is 20.2 Å². The van der Waals surface area contributed by atoms with Gasteiger partial charge in [-0.2, -0.15) is 5.10 Å². The summed E-state index contributed by atoms with van der Waals surface area (Å²) in [6.45, 7) is 2.02. The van der Waals surface area contributed by atoms with E-state index in [0.29, 0.717) is 22.3 Å². The SMILES string of the molecule is COc1ccc(-c2nnc(SCC(=O)N/N=C\c3cccc(OC)c3O)n2-c2ccc(C)cc2)cc1. The Labute approximate surface area is 212 Å². The first-order valence-electron chi connectivity index (χ1n) is 11.0. The second-order valence-electron chi connectivity index (χ2n) is 7.69. The summed E-state index contributed by atoms with van der Waals surface area (Å²) in [5, 5.41) is 23.4. The molecule has 9 nitrogen and oxygen atoms in total. The van der Waals surface area contributed by atoms with Crippen LogP contribution < -0.4 is 14.9 Å². The van der Waals surface area contributed by atoms with E-state index in [1.165, 1.54) is 25.1 Å². The number of hydrogen-bond donors (Lipinski definition) is 2. The molecule has 0 saturated heterocycles. The largest absolute Gasteiger partial charge is 0.504 e. The van der Waals surface area contributed by atoms with Crippen LogP contribution in [0.25, 0.3) is 17.1 Å². The zero-order chi connectivity index (χ0) is 25.5. The summed E-state index contributed by atoms with van der Waals surface area (Å²) in [6.07, 6.45) is 1.36. The number of methoxy groups -OCH3 is 2. The lowest BCUT2D eigenvalue weighted by Crippen LogP contribution is -2.20. The van der Waals surface area contributed by atoms with Crippen molar-refractivity contribution in [2.75, 3.05) is 20.0 Å². The Balaban J connectivity index is 1.51. The van der Waals surface area contributed by atoms with E-state index in [-0.39, 0.29) is 17.4 Å². The number of nitrogens with zero attached hydrogens (tertiary/aromatic N) is 4. The third-order valence-corrected chi connectivity index (χ3v) is 6.18. The normalized spacial score (nSPS) is 11.0. The van der Waals surface area contributed by atoms with Gasteiger partial charge in [0.25, 0.3) is 5.91 Å². The molecule has 10 heteroatoms. The third-order valence-electron chi connectivity index (χ3n) is 5.25. The molecule has 36 heavy (non-hydrogen) atoms. The number of phenolic OH excluding ortho intramolecular Hbond substituents is 1. The molecule has 184 valence electrons. The van der Waals surface area contributed by atoms with Gasteiger partial charge in [0.1, 0.15) is 5.75 Å². The number of nitrogens with one attached hydrogen (secondary N) is 1. The maximum Gasteiger partial charge on any atom is 0.250 e. The van der Waals surface area contributed by atoms with Crippen molar-refractivity contribution in [3.05, 3.63) is 77.9 Å². The van der Waals surface area contributed by atoms with Crippen LogP contribution in [0, 0.1) is 6.92 Å². The summed E-state index contributed by atoms with van der Waals surface area (Å²) in [7, 11) is 3.08. The molecular weight excluding hydrogens is 478 g/mol. The van der Waals surface area contributed by atoms with Gasteiger partial charge in [-0.05, 0) is 55.5 Å². The topological polar surface area (TPSA) is 111 Å². The number of carbonyl (C=O) groups is 1. The Bertz CT molecular complexity index is 1370. The number of aromatic nitrogens is 3. The van der Waals surface area contributed by atoms with Gasteiger partial charge < -0.3 is 14.6 Å². The lowest BCUT2D eigenvalue weighted by molar-refractivity contribution is -0.118. The molecule has 0 bridgehead atoms. The number of amides is 1. The van der Waals surface area contributed by atoms with Gasteiger partial charge in [0, 0.05) is 16.8 Å². The van der Waals surface area contributed by atoms with Crippen LogP contribution in [0.4, 0.5) is 0 Å². The van der Waals surface area contributed by atoms with Crippen LogP contribution >= 0.6 is 11.8 Å². The molecule has 0 atom stereocenters. The van der Waals surface area contributed by atoms with E-state index in [9.17, 15) is 9.90 Å². The van der Waals surface area contributed by atoms with E-state index in [1.54, 1.807) is 25.3 Å². The molecule has 0 radical (unpaired) electrons. The Morgan fingerprint density at radius 3 is 2.50 bits per heavy atom. The molecule has 4 rings (SSSR count). The average molecular weight is 504 g/mol. The molecule has 2 N–H and O–H groups in total. The van der Waals surface area contributed by atoms with E-state index in [4.69, 9.17) is 9.47 Å². The number of phenols is 1. The van der Waals surface area contributed by atoms with Crippen LogP contribution in [0.3, 0.4) is 0 Å². The summed E-state index contributed by atoms with van der Waals surface area (Å²) in [4.78, 5) is 12.5. The highest BCUT2D eigenvalue weighted by atomic mass is 32.2. The number of ether oxygens (including phenoxy) is 2. The van der Waals surface area contributed by atoms with Gasteiger partial charge in [-0.1, -0.05) is 35.5 Å². The molecule has 0 aliphatic rings. The number of para-hydroxylation sites is 1. The number of hydrogen-bond acceptors (Lipinski definition) is 8. The lowest BCUT2D eigenvalue weighted by Gasteiger charge is -2.11. The number of thioether (sulfide) groups is 1. The smallest absolute Gasteiger partial charge is 0.250 e. The van der Waals surface area contributed by atoms with Gasteiger partial charge in [-0.3, -0.25) is 9.36 Å². The molecule has 3 aromatic carbocycles. The first kappa shape index (κ1) is 24.8. The van der Waals surface area contributed by atoms with E-state index in [1.807, 2.05) is 60.0 Å². The Kier molecular flexibility index (Phi) is 7.86. The van der Waals surface area contributed by atoms with Crippen LogP contribution in [-0.2, 0) is 4.79 Å². The van der Waals surface area contributed by atoms with Crippen molar-refractivity contribution in [2.24, 2.45) is 5.10 Å². The van der Waals surface area contributed by atoms with Crippen molar-refractivity contribution in [1.29, 1.82) is 0 Å². The minimum atomic E-state index is -0.330. The molecule has 1 aromatic heterocycles. The number of aryl methyl sites for hydroxylation is 1. The highest BCUT2D eigenvalue weighted by molar-refractivity contribution is 7.99. The minimum absolute atomic E-state index is 0.0513.